The highest BCUT2D eigenvalue weighted by Gasteiger charge is 2.20. The minimum Gasteiger partial charge on any atom is -0.392 e. The quantitative estimate of drug-likeness (QED) is 0.813. The third-order valence-corrected chi connectivity index (χ3v) is 5.36. The number of nitrogens with one attached hydrogen (secondary N) is 1. The molecule has 120 valence electrons. The minimum atomic E-state index is -3.55. The third-order valence-electron chi connectivity index (χ3n) is 3.63. The lowest BCUT2D eigenvalue weighted by Crippen LogP contribution is -2.33. The molecular weight excluding hydrogens is 286 g/mol. The first-order valence-corrected chi connectivity index (χ1v) is 8.89. The molecule has 0 fully saturated rings. The lowest BCUT2D eigenvalue weighted by atomic mass is 10.1. The van der Waals surface area contributed by atoms with Gasteiger partial charge in [0.15, 0.2) is 0 Å². The molecule has 2 N–H and O–H groups in total. The maximum absolute atomic E-state index is 12.5. The molecule has 1 unspecified atom stereocenters. The summed E-state index contributed by atoms with van der Waals surface area (Å²) in [6.45, 7) is 9.63. The van der Waals surface area contributed by atoms with E-state index in [-0.39, 0.29) is 17.5 Å². The van der Waals surface area contributed by atoms with Crippen LogP contribution in [0.1, 0.15) is 50.3 Å². The van der Waals surface area contributed by atoms with E-state index in [2.05, 4.69) is 18.6 Å². The molecule has 0 saturated heterocycles. The summed E-state index contributed by atoms with van der Waals surface area (Å²) in [5, 5.41) is 9.31. The highest BCUT2D eigenvalue weighted by molar-refractivity contribution is 7.89. The molecule has 0 aromatic heterocycles. The van der Waals surface area contributed by atoms with Crippen LogP contribution >= 0.6 is 0 Å². The van der Waals surface area contributed by atoms with Gasteiger partial charge in [-0.3, -0.25) is 0 Å². The molecule has 1 aromatic rings. The second kappa shape index (κ2) is 7.38. The molecule has 21 heavy (non-hydrogen) atoms. The van der Waals surface area contributed by atoms with E-state index in [9.17, 15) is 13.5 Å². The standard InChI is InChI=1S/C16H27NO3S/c1-11(2)6-7-14(5)17-21(19,20)16-9-15(10-18)12(3)8-13(16)4/h8-9,11,14,17-18H,6-7,10H2,1-5H3. The molecule has 0 radical (unpaired) electrons. The Morgan fingerprint density at radius 1 is 1.10 bits per heavy atom. The fourth-order valence-electron chi connectivity index (χ4n) is 2.30. The Morgan fingerprint density at radius 3 is 2.24 bits per heavy atom. The average molecular weight is 313 g/mol. The van der Waals surface area contributed by atoms with Crippen LogP contribution in [0.4, 0.5) is 0 Å². The number of aliphatic hydroxyl groups is 1. The number of aliphatic hydroxyl groups excluding tert-OH is 1. The first-order chi connectivity index (χ1) is 9.67. The van der Waals surface area contributed by atoms with E-state index in [1.165, 1.54) is 0 Å². The lowest BCUT2D eigenvalue weighted by Gasteiger charge is -2.17. The zero-order valence-corrected chi connectivity index (χ0v) is 14.4. The maximum atomic E-state index is 12.5. The zero-order valence-electron chi connectivity index (χ0n) is 13.6. The van der Waals surface area contributed by atoms with Gasteiger partial charge in [-0.2, -0.15) is 0 Å². The molecule has 0 spiro atoms. The Bertz CT molecular complexity index is 579. The molecule has 0 aliphatic carbocycles. The second-order valence-corrected chi connectivity index (χ2v) is 7.88. The van der Waals surface area contributed by atoms with Crippen LogP contribution in [0.2, 0.25) is 0 Å². The van der Waals surface area contributed by atoms with Crippen LogP contribution in [0.25, 0.3) is 0 Å². The molecule has 0 bridgehead atoms. The van der Waals surface area contributed by atoms with Gasteiger partial charge in [-0.25, -0.2) is 13.1 Å². The van der Waals surface area contributed by atoms with Crippen LogP contribution < -0.4 is 4.72 Å². The molecule has 0 heterocycles. The van der Waals surface area contributed by atoms with E-state index < -0.39 is 10.0 Å². The summed E-state index contributed by atoms with van der Waals surface area (Å²) < 4.78 is 27.7. The van der Waals surface area contributed by atoms with Crippen LogP contribution in [-0.2, 0) is 16.6 Å². The normalized spacial score (nSPS) is 13.7. The minimum absolute atomic E-state index is 0.101. The molecule has 4 nitrogen and oxygen atoms in total. The second-order valence-electron chi connectivity index (χ2n) is 6.20. The van der Waals surface area contributed by atoms with Crippen molar-refractivity contribution >= 4 is 10.0 Å². The Hall–Kier alpha value is -0.910. The summed E-state index contributed by atoms with van der Waals surface area (Å²) >= 11 is 0. The van der Waals surface area contributed by atoms with Gasteiger partial charge in [0.25, 0.3) is 0 Å². The topological polar surface area (TPSA) is 66.4 Å². The number of benzene rings is 1. The summed E-state index contributed by atoms with van der Waals surface area (Å²) in [4.78, 5) is 0.258. The van der Waals surface area contributed by atoms with Crippen molar-refractivity contribution in [1.29, 1.82) is 0 Å². The molecule has 0 aliphatic heterocycles. The smallest absolute Gasteiger partial charge is 0.241 e. The van der Waals surface area contributed by atoms with Crippen molar-refractivity contribution < 1.29 is 13.5 Å². The van der Waals surface area contributed by atoms with Gasteiger partial charge >= 0.3 is 0 Å². The lowest BCUT2D eigenvalue weighted by molar-refractivity contribution is 0.280. The van der Waals surface area contributed by atoms with E-state index in [1.54, 1.807) is 19.1 Å². The van der Waals surface area contributed by atoms with Crippen LogP contribution in [0.5, 0.6) is 0 Å². The number of aryl methyl sites for hydroxylation is 2. The predicted octanol–water partition coefficient (Wildman–Crippen LogP) is 2.90. The molecule has 0 aliphatic rings. The van der Waals surface area contributed by atoms with Crippen molar-refractivity contribution in [3.05, 3.63) is 28.8 Å². The Kier molecular flexibility index (Phi) is 6.38. The fraction of sp³-hybridized carbons (Fsp3) is 0.625. The first kappa shape index (κ1) is 18.1. The first-order valence-electron chi connectivity index (χ1n) is 7.40. The highest BCUT2D eigenvalue weighted by Crippen LogP contribution is 2.21. The summed E-state index contributed by atoms with van der Waals surface area (Å²) in [5.74, 6) is 0.555. The molecule has 1 aromatic carbocycles. The molecular formula is C16H27NO3S. The Labute approximate surface area is 128 Å². The molecule has 5 heteroatoms. The molecule has 0 amide bonds. The molecule has 1 rings (SSSR count). The Balaban J connectivity index is 2.97. The van der Waals surface area contributed by atoms with Gasteiger partial charge in [0.2, 0.25) is 10.0 Å². The van der Waals surface area contributed by atoms with Gasteiger partial charge in [-0.15, -0.1) is 0 Å². The summed E-state index contributed by atoms with van der Waals surface area (Å²) in [5.41, 5.74) is 2.26. The van der Waals surface area contributed by atoms with E-state index in [0.29, 0.717) is 17.0 Å². The number of rotatable bonds is 7. The molecule has 0 saturated carbocycles. The van der Waals surface area contributed by atoms with Crippen molar-refractivity contribution in [3.8, 4) is 0 Å². The predicted molar refractivity (Wildman–Crippen MR) is 85.7 cm³/mol. The van der Waals surface area contributed by atoms with E-state index >= 15 is 0 Å². The largest absolute Gasteiger partial charge is 0.392 e. The summed E-state index contributed by atoms with van der Waals surface area (Å²) in [7, 11) is -3.55. The van der Waals surface area contributed by atoms with Gasteiger partial charge in [-0.1, -0.05) is 19.9 Å². The van der Waals surface area contributed by atoms with Crippen molar-refractivity contribution in [2.75, 3.05) is 0 Å². The number of hydrogen-bond donors (Lipinski definition) is 2. The van der Waals surface area contributed by atoms with Gasteiger partial charge in [0.1, 0.15) is 0 Å². The SMILES string of the molecule is Cc1cc(C)c(S(=O)(=O)NC(C)CCC(C)C)cc1CO. The van der Waals surface area contributed by atoms with Crippen LogP contribution in [0.15, 0.2) is 17.0 Å². The van der Waals surface area contributed by atoms with Gasteiger partial charge in [0, 0.05) is 6.04 Å². The van der Waals surface area contributed by atoms with Gasteiger partial charge in [-0.05, 0) is 62.3 Å². The zero-order chi connectivity index (χ0) is 16.2. The van der Waals surface area contributed by atoms with E-state index in [1.807, 2.05) is 13.8 Å². The van der Waals surface area contributed by atoms with Crippen molar-refractivity contribution in [3.63, 3.8) is 0 Å². The van der Waals surface area contributed by atoms with Gasteiger partial charge < -0.3 is 5.11 Å². The summed E-state index contributed by atoms with van der Waals surface area (Å²) in [6, 6.07) is 3.27. The molecule has 1 atom stereocenters. The maximum Gasteiger partial charge on any atom is 0.241 e. The van der Waals surface area contributed by atoms with E-state index in [4.69, 9.17) is 0 Å². The Morgan fingerprint density at radius 2 is 1.71 bits per heavy atom. The third kappa shape index (κ3) is 5.09. The average Bonchev–Trinajstić information content (AvgIpc) is 2.35. The summed E-state index contributed by atoms with van der Waals surface area (Å²) in [6.07, 6.45) is 1.80. The van der Waals surface area contributed by atoms with Crippen molar-refractivity contribution in [2.24, 2.45) is 5.92 Å². The van der Waals surface area contributed by atoms with Gasteiger partial charge in [0.05, 0.1) is 11.5 Å². The highest BCUT2D eigenvalue weighted by atomic mass is 32.2. The van der Waals surface area contributed by atoms with E-state index in [0.717, 1.165) is 18.4 Å². The monoisotopic (exact) mass is 313 g/mol. The van der Waals surface area contributed by atoms with Crippen molar-refractivity contribution in [2.45, 2.75) is 65.0 Å². The van der Waals surface area contributed by atoms with Crippen LogP contribution in [0, 0.1) is 19.8 Å². The number of hydrogen-bond acceptors (Lipinski definition) is 3. The van der Waals surface area contributed by atoms with Crippen LogP contribution in [0.3, 0.4) is 0 Å². The fourth-order valence-corrected chi connectivity index (χ4v) is 3.86. The van der Waals surface area contributed by atoms with Crippen LogP contribution in [-0.4, -0.2) is 19.6 Å². The number of sulfonamides is 1. The van der Waals surface area contributed by atoms with Crippen molar-refractivity contribution in [1.82, 2.24) is 4.72 Å².